The van der Waals surface area contributed by atoms with Crippen molar-refractivity contribution in [3.63, 3.8) is 0 Å². The van der Waals surface area contributed by atoms with Gasteiger partial charge < -0.3 is 9.84 Å². The molecule has 5 unspecified atom stereocenters. The molecule has 0 aromatic carbocycles. The van der Waals surface area contributed by atoms with Gasteiger partial charge in [-0.05, 0) is 25.7 Å². The first-order valence-corrected chi connectivity index (χ1v) is 6.63. The number of aliphatic carboxylic acids is 1. The summed E-state index contributed by atoms with van der Waals surface area (Å²) in [5.41, 5.74) is 0. The van der Waals surface area contributed by atoms with Gasteiger partial charge in [-0.2, -0.15) is 0 Å². The van der Waals surface area contributed by atoms with Gasteiger partial charge in [0.2, 0.25) is 0 Å². The molecular formula is C11H16Cl2O3. The van der Waals surface area contributed by atoms with Crippen LogP contribution in [0.5, 0.6) is 0 Å². The topological polar surface area (TPSA) is 46.5 Å². The van der Waals surface area contributed by atoms with Crippen molar-refractivity contribution in [2.24, 2.45) is 5.92 Å². The highest BCUT2D eigenvalue weighted by Crippen LogP contribution is 2.39. The van der Waals surface area contributed by atoms with Crippen LogP contribution in [0, 0.1) is 5.92 Å². The van der Waals surface area contributed by atoms with E-state index in [2.05, 4.69) is 0 Å². The van der Waals surface area contributed by atoms with E-state index in [-0.39, 0.29) is 22.8 Å². The molecule has 2 aliphatic rings. The number of alkyl halides is 2. The zero-order chi connectivity index (χ0) is 11.7. The zero-order valence-corrected chi connectivity index (χ0v) is 10.5. The van der Waals surface area contributed by atoms with Gasteiger partial charge in [0.1, 0.15) is 0 Å². The molecular weight excluding hydrogens is 251 g/mol. The fraction of sp³-hybridized carbons (Fsp3) is 0.909. The Bertz CT molecular complexity index is 272. The van der Waals surface area contributed by atoms with Gasteiger partial charge in [-0.1, -0.05) is 6.42 Å². The summed E-state index contributed by atoms with van der Waals surface area (Å²) in [4.78, 5) is 10.8. The number of hydrogen-bond donors (Lipinski definition) is 1. The fourth-order valence-electron chi connectivity index (χ4n) is 2.69. The number of carbonyl (C=O) groups is 1. The summed E-state index contributed by atoms with van der Waals surface area (Å²) in [6, 6.07) is 0. The van der Waals surface area contributed by atoms with Crippen LogP contribution in [0.15, 0.2) is 0 Å². The van der Waals surface area contributed by atoms with Gasteiger partial charge in [-0.15, -0.1) is 23.2 Å². The van der Waals surface area contributed by atoms with E-state index in [1.807, 2.05) is 0 Å². The van der Waals surface area contributed by atoms with Gasteiger partial charge in [-0.25, -0.2) is 4.79 Å². The number of ether oxygens (including phenoxy) is 1. The fourth-order valence-corrected chi connectivity index (χ4v) is 3.44. The summed E-state index contributed by atoms with van der Waals surface area (Å²) < 4.78 is 5.54. The Labute approximate surface area is 105 Å². The lowest BCUT2D eigenvalue weighted by molar-refractivity contribution is -0.150. The van der Waals surface area contributed by atoms with E-state index >= 15 is 0 Å². The predicted molar refractivity (Wildman–Crippen MR) is 62.2 cm³/mol. The molecule has 0 aromatic rings. The second-order valence-electron chi connectivity index (χ2n) is 4.63. The summed E-state index contributed by atoms with van der Waals surface area (Å²) >= 11 is 12.4. The third-order valence-electron chi connectivity index (χ3n) is 3.58. The van der Waals surface area contributed by atoms with E-state index in [1.165, 1.54) is 0 Å². The van der Waals surface area contributed by atoms with Crippen LogP contribution in [0.1, 0.15) is 32.1 Å². The first kappa shape index (κ1) is 12.5. The zero-order valence-electron chi connectivity index (χ0n) is 8.94. The molecule has 0 spiro atoms. The monoisotopic (exact) mass is 266 g/mol. The molecule has 1 N–H and O–H groups in total. The van der Waals surface area contributed by atoms with Crippen LogP contribution in [0.25, 0.3) is 0 Å². The average molecular weight is 267 g/mol. The summed E-state index contributed by atoms with van der Waals surface area (Å²) in [6.45, 7) is 0. The summed E-state index contributed by atoms with van der Waals surface area (Å²) in [5.74, 6) is -0.658. The highest BCUT2D eigenvalue weighted by molar-refractivity contribution is 6.30. The van der Waals surface area contributed by atoms with Gasteiger partial charge in [0.05, 0.1) is 16.9 Å². The maximum Gasteiger partial charge on any atom is 0.332 e. The van der Waals surface area contributed by atoms with Crippen molar-refractivity contribution in [3.8, 4) is 0 Å². The normalized spacial score (nSPS) is 44.5. The molecule has 1 heterocycles. The lowest BCUT2D eigenvalue weighted by Crippen LogP contribution is -2.38. The van der Waals surface area contributed by atoms with Gasteiger partial charge in [0, 0.05) is 5.92 Å². The highest BCUT2D eigenvalue weighted by Gasteiger charge is 2.41. The second-order valence-corrected chi connectivity index (χ2v) is 5.70. The molecule has 5 atom stereocenters. The molecule has 1 saturated carbocycles. The van der Waals surface area contributed by atoms with Crippen LogP contribution >= 0.6 is 23.2 Å². The van der Waals surface area contributed by atoms with E-state index in [1.54, 1.807) is 0 Å². The summed E-state index contributed by atoms with van der Waals surface area (Å²) in [6.07, 6.45) is 3.70. The van der Waals surface area contributed by atoms with Gasteiger partial charge in [0.15, 0.2) is 6.10 Å². The highest BCUT2D eigenvalue weighted by atomic mass is 35.5. The minimum Gasteiger partial charge on any atom is -0.479 e. The maximum absolute atomic E-state index is 10.8. The van der Waals surface area contributed by atoms with Crippen LogP contribution in [0.3, 0.4) is 0 Å². The maximum atomic E-state index is 10.8. The molecule has 2 rings (SSSR count). The Balaban J connectivity index is 1.95. The molecule has 1 aliphatic heterocycles. The lowest BCUT2D eigenvalue weighted by atomic mass is 9.83. The number of carboxylic acids is 1. The standard InChI is InChI=1S/C11H16Cl2O3/c12-7-3-1-2-6(10(7)13)8-4-5-9(16-8)11(14)15/h6-10H,1-5H2,(H,14,15). The SMILES string of the molecule is O=C(O)C1CCC(C2CCCC(Cl)C2Cl)O1. The van der Waals surface area contributed by atoms with Crippen LogP contribution in [-0.4, -0.2) is 34.0 Å². The molecule has 92 valence electrons. The van der Waals surface area contributed by atoms with E-state index in [0.29, 0.717) is 6.42 Å². The van der Waals surface area contributed by atoms with Gasteiger partial charge >= 0.3 is 5.97 Å². The largest absolute Gasteiger partial charge is 0.479 e. The average Bonchev–Trinajstić information content (AvgIpc) is 2.71. The van der Waals surface area contributed by atoms with Crippen LogP contribution in [-0.2, 0) is 9.53 Å². The molecule has 3 nitrogen and oxygen atoms in total. The van der Waals surface area contributed by atoms with Crippen molar-refractivity contribution >= 4 is 29.2 Å². The Hall–Kier alpha value is 0.01000. The van der Waals surface area contributed by atoms with Crippen molar-refractivity contribution < 1.29 is 14.6 Å². The van der Waals surface area contributed by atoms with Crippen LogP contribution < -0.4 is 0 Å². The van der Waals surface area contributed by atoms with Crippen LogP contribution in [0.2, 0.25) is 0 Å². The van der Waals surface area contributed by atoms with Gasteiger partial charge in [0.25, 0.3) is 0 Å². The lowest BCUT2D eigenvalue weighted by Gasteiger charge is -2.34. The Morgan fingerprint density at radius 2 is 1.94 bits per heavy atom. The van der Waals surface area contributed by atoms with Crippen molar-refractivity contribution in [1.82, 2.24) is 0 Å². The van der Waals surface area contributed by atoms with Crippen molar-refractivity contribution in [1.29, 1.82) is 0 Å². The van der Waals surface area contributed by atoms with E-state index in [9.17, 15) is 4.79 Å². The smallest absolute Gasteiger partial charge is 0.332 e. The first-order chi connectivity index (χ1) is 7.59. The van der Waals surface area contributed by atoms with Crippen molar-refractivity contribution in [2.45, 2.75) is 55.1 Å². The van der Waals surface area contributed by atoms with Crippen LogP contribution in [0.4, 0.5) is 0 Å². The second kappa shape index (κ2) is 5.11. The summed E-state index contributed by atoms with van der Waals surface area (Å²) in [5, 5.41) is 8.77. The quantitative estimate of drug-likeness (QED) is 0.782. The Morgan fingerprint density at radius 3 is 2.56 bits per heavy atom. The molecule has 0 amide bonds. The van der Waals surface area contributed by atoms with Crippen molar-refractivity contribution in [3.05, 3.63) is 0 Å². The molecule has 1 aliphatic carbocycles. The molecule has 16 heavy (non-hydrogen) atoms. The molecule has 0 bridgehead atoms. The predicted octanol–water partition coefficient (Wildman–Crippen LogP) is 2.63. The van der Waals surface area contributed by atoms with E-state index < -0.39 is 12.1 Å². The minimum absolute atomic E-state index is 0.00658. The third kappa shape index (κ3) is 2.47. The number of carboxylic acid groups (broad SMARTS) is 1. The molecule has 1 saturated heterocycles. The summed E-state index contributed by atoms with van der Waals surface area (Å²) in [7, 11) is 0. The van der Waals surface area contributed by atoms with Gasteiger partial charge in [-0.3, -0.25) is 0 Å². The number of halogens is 2. The molecule has 2 fully saturated rings. The minimum atomic E-state index is -0.869. The molecule has 0 radical (unpaired) electrons. The third-order valence-corrected chi connectivity index (χ3v) is 4.82. The first-order valence-electron chi connectivity index (χ1n) is 5.76. The molecule has 0 aromatic heterocycles. The number of hydrogen-bond acceptors (Lipinski definition) is 2. The number of rotatable bonds is 2. The van der Waals surface area contributed by atoms with E-state index in [4.69, 9.17) is 33.0 Å². The Morgan fingerprint density at radius 1 is 1.19 bits per heavy atom. The Kier molecular flexibility index (Phi) is 3.98. The van der Waals surface area contributed by atoms with E-state index in [0.717, 1.165) is 25.7 Å². The van der Waals surface area contributed by atoms with Crippen molar-refractivity contribution in [2.75, 3.05) is 0 Å². The molecule has 5 heteroatoms.